The van der Waals surface area contributed by atoms with Crippen LogP contribution in [-0.4, -0.2) is 11.1 Å². The first-order valence-electron chi connectivity index (χ1n) is 11.6. The van der Waals surface area contributed by atoms with Gasteiger partial charge in [-0.05, 0) is 67.1 Å². The van der Waals surface area contributed by atoms with Gasteiger partial charge in [-0.3, -0.25) is 4.79 Å². The van der Waals surface area contributed by atoms with Crippen LogP contribution in [0.1, 0.15) is 76.2 Å². The summed E-state index contributed by atoms with van der Waals surface area (Å²) in [5.74, 6) is 1.88. The number of aliphatic carboxylic acids is 1. The number of carbonyl (C=O) groups is 1. The van der Waals surface area contributed by atoms with Gasteiger partial charge in [0.25, 0.3) is 0 Å². The van der Waals surface area contributed by atoms with Crippen molar-refractivity contribution in [2.45, 2.75) is 77.0 Å². The molecular weight excluding hydrogens is 380 g/mol. The van der Waals surface area contributed by atoms with Crippen LogP contribution in [0, 0.1) is 29.6 Å². The lowest BCUT2D eigenvalue weighted by atomic mass is 9.72. The van der Waals surface area contributed by atoms with Gasteiger partial charge < -0.3 is 5.11 Å². The van der Waals surface area contributed by atoms with Crippen LogP contribution in [0.4, 0.5) is 0 Å². The van der Waals surface area contributed by atoms with E-state index < -0.39 is 5.97 Å². The molecule has 0 aliphatic heterocycles. The molecule has 2 aliphatic rings. The Bertz CT molecular complexity index is 637. The van der Waals surface area contributed by atoms with Gasteiger partial charge in [-0.25, -0.2) is 0 Å². The van der Waals surface area contributed by atoms with Crippen molar-refractivity contribution >= 4 is 17.6 Å². The Kier molecular flexibility index (Phi) is 8.66. The van der Waals surface area contributed by atoms with E-state index >= 15 is 0 Å². The Labute approximate surface area is 181 Å². The maximum Gasteiger partial charge on any atom is 0.310 e. The minimum Gasteiger partial charge on any atom is -0.481 e. The number of carboxylic acid groups (broad SMARTS) is 1. The summed E-state index contributed by atoms with van der Waals surface area (Å²) in [5.41, 5.74) is 1.41. The average Bonchev–Trinajstić information content (AvgIpc) is 2.74. The summed E-state index contributed by atoms with van der Waals surface area (Å²) in [6, 6.07) is 8.33. The van der Waals surface area contributed by atoms with Crippen LogP contribution in [0.2, 0.25) is 5.02 Å². The summed E-state index contributed by atoms with van der Waals surface area (Å²) in [7, 11) is 0. The molecule has 0 amide bonds. The molecule has 3 heteroatoms. The van der Waals surface area contributed by atoms with Gasteiger partial charge in [-0.1, -0.05) is 81.2 Å². The highest BCUT2D eigenvalue weighted by atomic mass is 35.5. The third-order valence-corrected chi connectivity index (χ3v) is 7.89. The highest BCUT2D eigenvalue weighted by Crippen LogP contribution is 2.39. The Morgan fingerprint density at radius 1 is 0.931 bits per heavy atom. The zero-order valence-electron chi connectivity index (χ0n) is 17.7. The van der Waals surface area contributed by atoms with Crippen molar-refractivity contribution < 1.29 is 9.90 Å². The Hall–Kier alpha value is -1.28. The maximum absolute atomic E-state index is 11.3. The summed E-state index contributed by atoms with van der Waals surface area (Å²) in [6.45, 7) is 3.73. The van der Waals surface area contributed by atoms with E-state index in [0.29, 0.717) is 5.92 Å². The molecule has 0 aromatic heterocycles. The lowest BCUT2D eigenvalue weighted by Crippen LogP contribution is -2.26. The molecule has 0 spiro atoms. The molecule has 1 aromatic carbocycles. The van der Waals surface area contributed by atoms with Gasteiger partial charge in [-0.2, -0.15) is 0 Å². The molecular formula is C26H37ClO2. The fraction of sp³-hybridized carbons (Fsp3) is 0.654. The summed E-state index contributed by atoms with van der Waals surface area (Å²) >= 11 is 5.97. The Balaban J connectivity index is 1.30. The van der Waals surface area contributed by atoms with Gasteiger partial charge in [0.05, 0.1) is 5.92 Å². The molecule has 0 radical (unpaired) electrons. The van der Waals surface area contributed by atoms with E-state index in [-0.39, 0.29) is 5.92 Å². The first-order valence-corrected chi connectivity index (χ1v) is 12.0. The molecule has 0 heterocycles. The second-order valence-corrected chi connectivity index (χ2v) is 9.95. The largest absolute Gasteiger partial charge is 0.481 e. The monoisotopic (exact) mass is 416 g/mol. The minimum atomic E-state index is -0.698. The van der Waals surface area contributed by atoms with E-state index in [1.165, 1.54) is 69.8 Å². The smallest absolute Gasteiger partial charge is 0.310 e. The molecule has 29 heavy (non-hydrogen) atoms. The van der Waals surface area contributed by atoms with Crippen LogP contribution in [0.3, 0.4) is 0 Å². The Morgan fingerprint density at radius 2 is 1.41 bits per heavy atom. The van der Waals surface area contributed by atoms with Crippen molar-refractivity contribution in [3.05, 3.63) is 47.5 Å². The number of hydrogen-bond acceptors (Lipinski definition) is 1. The topological polar surface area (TPSA) is 37.3 Å². The molecule has 1 atom stereocenters. The van der Waals surface area contributed by atoms with Gasteiger partial charge in [0.1, 0.15) is 0 Å². The summed E-state index contributed by atoms with van der Waals surface area (Å²) < 4.78 is 0. The number of benzene rings is 1. The highest BCUT2D eigenvalue weighted by Gasteiger charge is 2.30. The van der Waals surface area contributed by atoms with Gasteiger partial charge in [0.2, 0.25) is 0 Å². The quantitative estimate of drug-likeness (QED) is 0.422. The number of aryl methyl sites for hydroxylation is 1. The van der Waals surface area contributed by atoms with Crippen LogP contribution in [-0.2, 0) is 11.2 Å². The summed E-state index contributed by atoms with van der Waals surface area (Å²) in [5, 5.41) is 10.1. The fourth-order valence-electron chi connectivity index (χ4n) is 5.63. The first kappa shape index (κ1) is 22.4. The third-order valence-electron chi connectivity index (χ3n) is 7.64. The second-order valence-electron chi connectivity index (χ2n) is 9.51. The van der Waals surface area contributed by atoms with E-state index in [1.807, 2.05) is 12.1 Å². The predicted molar refractivity (Wildman–Crippen MR) is 121 cm³/mol. The van der Waals surface area contributed by atoms with Crippen LogP contribution in [0.5, 0.6) is 0 Å². The van der Waals surface area contributed by atoms with E-state index in [2.05, 4.69) is 18.7 Å². The molecule has 2 nitrogen and oxygen atoms in total. The van der Waals surface area contributed by atoms with Crippen LogP contribution < -0.4 is 0 Å². The van der Waals surface area contributed by atoms with Crippen molar-refractivity contribution in [3.8, 4) is 0 Å². The summed E-state index contributed by atoms with van der Waals surface area (Å²) in [4.78, 5) is 11.3. The van der Waals surface area contributed by atoms with Crippen LogP contribution in [0.25, 0.3) is 0 Å². The van der Waals surface area contributed by atoms with Crippen molar-refractivity contribution in [1.29, 1.82) is 0 Å². The molecule has 1 unspecified atom stereocenters. The van der Waals surface area contributed by atoms with Gasteiger partial charge in [0.15, 0.2) is 0 Å². The predicted octanol–water partition coefficient (Wildman–Crippen LogP) is 7.55. The Morgan fingerprint density at radius 3 is 1.90 bits per heavy atom. The minimum absolute atomic E-state index is 0.303. The van der Waals surface area contributed by atoms with E-state index in [1.54, 1.807) is 6.08 Å². The summed E-state index contributed by atoms with van der Waals surface area (Å²) in [6.07, 6.45) is 17.0. The number of rotatable bonds is 9. The zero-order chi connectivity index (χ0) is 20.6. The number of halogens is 1. The molecule has 3 rings (SSSR count). The normalized spacial score (nSPS) is 28.6. The molecule has 160 valence electrons. The lowest BCUT2D eigenvalue weighted by Gasteiger charge is -2.33. The number of hydrogen-bond donors (Lipinski definition) is 1. The second kappa shape index (κ2) is 11.2. The van der Waals surface area contributed by atoms with Crippen molar-refractivity contribution in [1.82, 2.24) is 0 Å². The van der Waals surface area contributed by atoms with Gasteiger partial charge >= 0.3 is 5.97 Å². The first-order chi connectivity index (χ1) is 14.0. The van der Waals surface area contributed by atoms with E-state index in [4.69, 9.17) is 11.6 Å². The molecule has 1 N–H and O–H groups in total. The molecule has 2 saturated carbocycles. The van der Waals surface area contributed by atoms with Crippen LogP contribution in [0.15, 0.2) is 36.9 Å². The third kappa shape index (κ3) is 6.88. The molecule has 2 aliphatic carbocycles. The molecule has 0 bridgehead atoms. The average molecular weight is 417 g/mol. The van der Waals surface area contributed by atoms with Crippen molar-refractivity contribution in [3.63, 3.8) is 0 Å². The SMILES string of the molecule is C=CC(C(=O)O)C1CCC(CCC2CCC(CCc3ccc(Cl)cc3)CC2)CC1. The fourth-order valence-corrected chi connectivity index (χ4v) is 5.76. The van der Waals surface area contributed by atoms with Gasteiger partial charge in [0, 0.05) is 5.02 Å². The highest BCUT2D eigenvalue weighted by molar-refractivity contribution is 6.30. The lowest BCUT2D eigenvalue weighted by molar-refractivity contribution is -0.142. The van der Waals surface area contributed by atoms with E-state index in [9.17, 15) is 9.90 Å². The standard InChI is InChI=1S/C26H37ClO2/c1-2-25(26(28)29)23-15-11-21(12-16-23)9-7-19-3-5-20(6-4-19)8-10-22-13-17-24(27)18-14-22/h2,13-14,17-21,23,25H,1,3-12,15-16H2,(H,28,29). The van der Waals surface area contributed by atoms with Crippen molar-refractivity contribution in [2.24, 2.45) is 29.6 Å². The maximum atomic E-state index is 11.3. The van der Waals surface area contributed by atoms with E-state index in [0.717, 1.165) is 35.6 Å². The van der Waals surface area contributed by atoms with Gasteiger partial charge in [-0.15, -0.1) is 6.58 Å². The number of carboxylic acids is 1. The van der Waals surface area contributed by atoms with Crippen LogP contribution >= 0.6 is 11.6 Å². The molecule has 2 fully saturated rings. The van der Waals surface area contributed by atoms with Crippen molar-refractivity contribution in [2.75, 3.05) is 0 Å². The zero-order valence-corrected chi connectivity index (χ0v) is 18.5. The molecule has 1 aromatic rings. The molecule has 0 saturated heterocycles.